The van der Waals surface area contributed by atoms with Gasteiger partial charge in [0.15, 0.2) is 0 Å². The molecule has 0 saturated heterocycles. The van der Waals surface area contributed by atoms with Crippen LogP contribution in [0.3, 0.4) is 0 Å². The van der Waals surface area contributed by atoms with Crippen molar-refractivity contribution in [1.82, 2.24) is 14.7 Å². The van der Waals surface area contributed by atoms with Crippen LogP contribution >= 0.6 is 0 Å². The Hall–Kier alpha value is -2.30. The Kier molecular flexibility index (Phi) is 3.64. The molecule has 0 radical (unpaired) electrons. The molecule has 0 fully saturated rings. The number of ether oxygens (including phenoxy) is 1. The van der Waals surface area contributed by atoms with Crippen LogP contribution in [0.25, 0.3) is 0 Å². The molecule has 1 aliphatic rings. The van der Waals surface area contributed by atoms with E-state index in [1.807, 2.05) is 24.4 Å². The van der Waals surface area contributed by atoms with Gasteiger partial charge in [0.25, 0.3) is 0 Å². The number of para-hydroxylation sites is 1. The summed E-state index contributed by atoms with van der Waals surface area (Å²) in [4.78, 5) is 14.0. The van der Waals surface area contributed by atoms with Gasteiger partial charge in [0.1, 0.15) is 5.75 Å². The summed E-state index contributed by atoms with van der Waals surface area (Å²) in [7, 11) is 0. The van der Waals surface area contributed by atoms with Crippen LogP contribution in [-0.2, 0) is 18.5 Å². The number of hydrogen-bond acceptors (Lipinski definition) is 3. The number of nitrogens with zero attached hydrogens (tertiary/aromatic N) is 3. The predicted octanol–water partition coefficient (Wildman–Crippen LogP) is 3.20. The lowest BCUT2D eigenvalue weighted by Crippen LogP contribution is -2.39. The van der Waals surface area contributed by atoms with Crippen LogP contribution in [0.1, 0.15) is 32.0 Å². The molecule has 1 aliphatic heterocycles. The summed E-state index contributed by atoms with van der Waals surface area (Å²) in [5, 5.41) is 4.48. The summed E-state index contributed by atoms with van der Waals surface area (Å²) < 4.78 is 7.46. The van der Waals surface area contributed by atoms with Gasteiger partial charge < -0.3 is 9.64 Å². The van der Waals surface area contributed by atoms with Crippen molar-refractivity contribution in [2.45, 2.75) is 39.3 Å². The van der Waals surface area contributed by atoms with E-state index in [0.29, 0.717) is 18.8 Å². The molecule has 0 spiro atoms. The van der Waals surface area contributed by atoms with E-state index in [1.165, 1.54) is 5.69 Å². The number of benzene rings is 1. The van der Waals surface area contributed by atoms with Gasteiger partial charge in [0, 0.05) is 24.2 Å². The number of carbonyl (C=O) groups is 1. The monoisotopic (exact) mass is 299 g/mol. The van der Waals surface area contributed by atoms with Crippen LogP contribution in [0, 0.1) is 0 Å². The first-order valence-electron chi connectivity index (χ1n) is 7.53. The first-order chi connectivity index (χ1) is 10.4. The average Bonchev–Trinajstić information content (AvgIpc) is 2.91. The van der Waals surface area contributed by atoms with Crippen molar-refractivity contribution in [1.29, 1.82) is 0 Å². The molecule has 1 aromatic heterocycles. The van der Waals surface area contributed by atoms with Crippen molar-refractivity contribution in [3.63, 3.8) is 0 Å². The fourth-order valence-electron chi connectivity index (χ4n) is 2.72. The molecule has 2 aromatic rings. The summed E-state index contributed by atoms with van der Waals surface area (Å²) >= 11 is 0. The Balaban J connectivity index is 1.72. The van der Waals surface area contributed by atoms with E-state index in [9.17, 15) is 4.79 Å². The van der Waals surface area contributed by atoms with E-state index in [-0.39, 0.29) is 11.6 Å². The molecule has 0 N–H and O–H groups in total. The first-order valence-corrected chi connectivity index (χ1v) is 7.53. The van der Waals surface area contributed by atoms with E-state index < -0.39 is 0 Å². The molecule has 1 amide bonds. The molecule has 2 heterocycles. The van der Waals surface area contributed by atoms with Crippen LogP contribution < -0.4 is 4.74 Å². The molecule has 5 nitrogen and oxygen atoms in total. The molecule has 0 unspecified atom stereocenters. The summed E-state index contributed by atoms with van der Waals surface area (Å²) in [6.07, 6.45) is 2.36. The SMILES string of the molecule is CC(C)(C)n1ncc2c1CCN(C(=O)Oc1ccccc1)C2. The molecule has 0 saturated carbocycles. The highest BCUT2D eigenvalue weighted by atomic mass is 16.6. The Morgan fingerprint density at radius 3 is 2.64 bits per heavy atom. The predicted molar refractivity (Wildman–Crippen MR) is 83.8 cm³/mol. The number of hydrogen-bond donors (Lipinski definition) is 0. The van der Waals surface area contributed by atoms with Gasteiger partial charge in [-0.25, -0.2) is 4.79 Å². The van der Waals surface area contributed by atoms with Crippen molar-refractivity contribution in [3.8, 4) is 5.75 Å². The van der Waals surface area contributed by atoms with E-state index >= 15 is 0 Å². The average molecular weight is 299 g/mol. The van der Waals surface area contributed by atoms with Gasteiger partial charge >= 0.3 is 6.09 Å². The highest BCUT2D eigenvalue weighted by Gasteiger charge is 2.28. The molecule has 0 atom stereocenters. The highest BCUT2D eigenvalue weighted by molar-refractivity contribution is 5.71. The molecule has 116 valence electrons. The van der Waals surface area contributed by atoms with Gasteiger partial charge in [0.2, 0.25) is 0 Å². The molecule has 22 heavy (non-hydrogen) atoms. The quantitative estimate of drug-likeness (QED) is 0.812. The molecule has 0 bridgehead atoms. The fourth-order valence-corrected chi connectivity index (χ4v) is 2.72. The lowest BCUT2D eigenvalue weighted by atomic mass is 10.0. The molecule has 3 rings (SSSR count). The van der Waals surface area contributed by atoms with Crippen LogP contribution in [0.2, 0.25) is 0 Å². The van der Waals surface area contributed by atoms with Crippen LogP contribution in [-0.4, -0.2) is 27.3 Å². The third kappa shape index (κ3) is 2.84. The third-order valence-electron chi connectivity index (χ3n) is 3.78. The van der Waals surface area contributed by atoms with Crippen LogP contribution in [0.4, 0.5) is 4.79 Å². The maximum Gasteiger partial charge on any atom is 0.415 e. The van der Waals surface area contributed by atoms with Gasteiger partial charge in [-0.1, -0.05) is 18.2 Å². The second-order valence-electron chi connectivity index (χ2n) is 6.55. The normalized spacial score (nSPS) is 14.6. The maximum absolute atomic E-state index is 12.3. The minimum atomic E-state index is -0.305. The molecular formula is C17H21N3O2. The Labute approximate surface area is 130 Å². The lowest BCUT2D eigenvalue weighted by molar-refractivity contribution is 0.146. The van der Waals surface area contributed by atoms with Crippen LogP contribution in [0.5, 0.6) is 5.75 Å². The topological polar surface area (TPSA) is 47.4 Å². The third-order valence-corrected chi connectivity index (χ3v) is 3.78. The Morgan fingerprint density at radius 1 is 1.23 bits per heavy atom. The van der Waals surface area contributed by atoms with Gasteiger partial charge in [-0.15, -0.1) is 0 Å². The first kappa shape index (κ1) is 14.6. The minimum absolute atomic E-state index is 0.0414. The highest BCUT2D eigenvalue weighted by Crippen LogP contribution is 2.25. The number of rotatable bonds is 1. The summed E-state index contributed by atoms with van der Waals surface area (Å²) in [6.45, 7) is 7.61. The van der Waals surface area contributed by atoms with Gasteiger partial charge in [-0.3, -0.25) is 4.68 Å². The largest absolute Gasteiger partial charge is 0.415 e. The smallest absolute Gasteiger partial charge is 0.410 e. The fraction of sp³-hybridized carbons (Fsp3) is 0.412. The zero-order chi connectivity index (χ0) is 15.7. The zero-order valence-electron chi connectivity index (χ0n) is 13.2. The van der Waals surface area contributed by atoms with Crippen molar-refractivity contribution in [3.05, 3.63) is 47.8 Å². The number of aromatic nitrogens is 2. The van der Waals surface area contributed by atoms with Gasteiger partial charge in [-0.05, 0) is 32.9 Å². The van der Waals surface area contributed by atoms with Gasteiger partial charge in [-0.2, -0.15) is 5.10 Å². The summed E-state index contributed by atoms with van der Waals surface area (Å²) in [5.41, 5.74) is 2.28. The molecule has 5 heteroatoms. The zero-order valence-corrected chi connectivity index (χ0v) is 13.2. The lowest BCUT2D eigenvalue weighted by Gasteiger charge is -2.29. The van der Waals surface area contributed by atoms with Crippen molar-refractivity contribution in [2.24, 2.45) is 0 Å². The Morgan fingerprint density at radius 2 is 1.95 bits per heavy atom. The van der Waals surface area contributed by atoms with E-state index in [0.717, 1.165) is 12.0 Å². The van der Waals surface area contributed by atoms with Gasteiger partial charge in [0.05, 0.1) is 18.3 Å². The van der Waals surface area contributed by atoms with Crippen molar-refractivity contribution in [2.75, 3.05) is 6.54 Å². The summed E-state index contributed by atoms with van der Waals surface area (Å²) in [5.74, 6) is 0.573. The maximum atomic E-state index is 12.3. The van der Waals surface area contributed by atoms with E-state index in [2.05, 4.69) is 30.6 Å². The van der Waals surface area contributed by atoms with Crippen molar-refractivity contribution >= 4 is 6.09 Å². The van der Waals surface area contributed by atoms with E-state index in [1.54, 1.807) is 17.0 Å². The van der Waals surface area contributed by atoms with E-state index in [4.69, 9.17) is 4.74 Å². The Bertz CT molecular complexity index is 671. The number of amides is 1. The second kappa shape index (κ2) is 5.48. The minimum Gasteiger partial charge on any atom is -0.410 e. The number of carbonyl (C=O) groups excluding carboxylic acids is 1. The van der Waals surface area contributed by atoms with Crippen molar-refractivity contribution < 1.29 is 9.53 Å². The summed E-state index contributed by atoms with van der Waals surface area (Å²) in [6, 6.07) is 9.16. The number of fused-ring (bicyclic) bond motifs is 1. The standard InChI is InChI=1S/C17H21N3O2/c1-17(2,3)20-15-9-10-19(12-13(15)11-18-20)16(21)22-14-7-5-4-6-8-14/h4-8,11H,9-10,12H2,1-3H3. The molecule has 0 aliphatic carbocycles. The molecular weight excluding hydrogens is 278 g/mol. The second-order valence-corrected chi connectivity index (χ2v) is 6.55. The van der Waals surface area contributed by atoms with Crippen LogP contribution in [0.15, 0.2) is 36.5 Å². The molecule has 1 aromatic carbocycles.